The van der Waals surface area contributed by atoms with E-state index in [1.807, 2.05) is 60.8 Å². The van der Waals surface area contributed by atoms with Crippen LogP contribution in [-0.2, 0) is 0 Å². The molecule has 5 rings (SSSR count). The lowest BCUT2D eigenvalue weighted by Crippen LogP contribution is -2.29. The van der Waals surface area contributed by atoms with E-state index < -0.39 is 0 Å². The van der Waals surface area contributed by atoms with Gasteiger partial charge in [-0.05, 0) is 100 Å². The van der Waals surface area contributed by atoms with E-state index in [9.17, 15) is 0 Å². The smallest absolute Gasteiger partial charge is 0.174 e. The highest BCUT2D eigenvalue weighted by atomic mass is 32.1. The first kappa shape index (κ1) is 23.1. The maximum Gasteiger partial charge on any atom is 0.174 e. The molecule has 178 valence electrons. The van der Waals surface area contributed by atoms with Gasteiger partial charge >= 0.3 is 0 Å². The van der Waals surface area contributed by atoms with Gasteiger partial charge in [0.15, 0.2) is 5.11 Å². The molecular formula is C29H30N4OS. The second-order valence-electron chi connectivity index (χ2n) is 9.20. The zero-order valence-corrected chi connectivity index (χ0v) is 21.3. The van der Waals surface area contributed by atoms with E-state index in [0.717, 1.165) is 22.9 Å². The van der Waals surface area contributed by atoms with Gasteiger partial charge in [0.1, 0.15) is 11.5 Å². The van der Waals surface area contributed by atoms with Crippen LogP contribution in [0.3, 0.4) is 0 Å². The number of nitrogens with one attached hydrogen (secondary N) is 1. The van der Waals surface area contributed by atoms with E-state index in [1.165, 1.54) is 17.0 Å². The quantitative estimate of drug-likeness (QED) is 0.298. The van der Waals surface area contributed by atoms with Gasteiger partial charge in [0.05, 0.1) is 17.8 Å². The Labute approximate surface area is 212 Å². The zero-order valence-electron chi connectivity index (χ0n) is 20.5. The second-order valence-corrected chi connectivity index (χ2v) is 9.58. The summed E-state index contributed by atoms with van der Waals surface area (Å²) in [7, 11) is 0. The van der Waals surface area contributed by atoms with Crippen LogP contribution in [0.1, 0.15) is 54.6 Å². The number of anilines is 1. The van der Waals surface area contributed by atoms with E-state index in [-0.39, 0.29) is 12.1 Å². The third-order valence-electron chi connectivity index (χ3n) is 6.55. The number of hydrogen-bond donors (Lipinski definition) is 1. The SMILES string of the molecule is Cc1cc([C@H]2[C@@H](c3ccccn3)NC(=S)N2c2ccc(Oc3ccccc3)cc2)c(C)n1C(C)C. The fourth-order valence-corrected chi connectivity index (χ4v) is 5.49. The van der Waals surface area contributed by atoms with Crippen LogP contribution < -0.4 is 15.0 Å². The molecule has 0 unspecified atom stereocenters. The molecule has 0 amide bonds. The summed E-state index contributed by atoms with van der Waals surface area (Å²) in [4.78, 5) is 6.89. The Bertz CT molecular complexity index is 1320. The topological polar surface area (TPSA) is 42.3 Å². The molecule has 4 aromatic rings. The number of benzene rings is 2. The first-order valence-corrected chi connectivity index (χ1v) is 12.4. The number of aromatic nitrogens is 2. The number of para-hydroxylation sites is 1. The maximum atomic E-state index is 6.01. The van der Waals surface area contributed by atoms with Gasteiger partial charge in [-0.15, -0.1) is 0 Å². The van der Waals surface area contributed by atoms with Crippen LogP contribution in [0.25, 0.3) is 0 Å². The third-order valence-corrected chi connectivity index (χ3v) is 6.86. The van der Waals surface area contributed by atoms with Gasteiger partial charge in [-0.1, -0.05) is 24.3 Å². The number of hydrogen-bond acceptors (Lipinski definition) is 3. The summed E-state index contributed by atoms with van der Waals surface area (Å²) in [5.41, 5.74) is 5.74. The molecule has 1 N–H and O–H groups in total. The van der Waals surface area contributed by atoms with Gasteiger partial charge in [0.25, 0.3) is 0 Å². The van der Waals surface area contributed by atoms with Crippen LogP contribution in [0.15, 0.2) is 85.1 Å². The average Bonchev–Trinajstić information content (AvgIpc) is 3.36. The summed E-state index contributed by atoms with van der Waals surface area (Å²) in [5.74, 6) is 1.60. The number of aryl methyl sites for hydroxylation is 1. The minimum Gasteiger partial charge on any atom is -0.457 e. The molecule has 0 aliphatic carbocycles. The fourth-order valence-electron chi connectivity index (χ4n) is 5.15. The zero-order chi connectivity index (χ0) is 24.5. The monoisotopic (exact) mass is 482 g/mol. The molecule has 1 aliphatic heterocycles. The molecule has 1 saturated heterocycles. The molecule has 0 radical (unpaired) electrons. The van der Waals surface area contributed by atoms with Crippen molar-refractivity contribution in [1.29, 1.82) is 0 Å². The van der Waals surface area contributed by atoms with Crippen LogP contribution in [0.2, 0.25) is 0 Å². The molecule has 0 saturated carbocycles. The Kier molecular flexibility index (Phi) is 6.31. The molecule has 35 heavy (non-hydrogen) atoms. The van der Waals surface area contributed by atoms with Gasteiger partial charge in [-0.2, -0.15) is 0 Å². The molecule has 0 bridgehead atoms. The largest absolute Gasteiger partial charge is 0.457 e. The van der Waals surface area contributed by atoms with Crippen molar-refractivity contribution < 1.29 is 4.74 Å². The van der Waals surface area contributed by atoms with E-state index in [0.29, 0.717) is 11.2 Å². The van der Waals surface area contributed by atoms with Crippen LogP contribution in [0.4, 0.5) is 5.69 Å². The minimum atomic E-state index is -0.0648. The number of pyridine rings is 1. The molecular weight excluding hydrogens is 452 g/mol. The normalized spacial score (nSPS) is 17.6. The molecule has 3 heterocycles. The highest BCUT2D eigenvalue weighted by Gasteiger charge is 2.42. The molecule has 2 aromatic carbocycles. The molecule has 2 aromatic heterocycles. The number of nitrogens with zero attached hydrogens (tertiary/aromatic N) is 3. The predicted octanol–water partition coefficient (Wildman–Crippen LogP) is 7.05. The first-order valence-electron chi connectivity index (χ1n) is 12.0. The van der Waals surface area contributed by atoms with Crippen molar-refractivity contribution in [3.05, 3.63) is 108 Å². The number of rotatable bonds is 6. The molecule has 6 heteroatoms. The van der Waals surface area contributed by atoms with Crippen LogP contribution in [0.5, 0.6) is 11.5 Å². The van der Waals surface area contributed by atoms with E-state index >= 15 is 0 Å². The summed E-state index contributed by atoms with van der Waals surface area (Å²) < 4.78 is 8.40. The summed E-state index contributed by atoms with van der Waals surface area (Å²) in [6.07, 6.45) is 1.84. The van der Waals surface area contributed by atoms with Gasteiger partial charge in [0.2, 0.25) is 0 Å². The highest BCUT2D eigenvalue weighted by Crippen LogP contribution is 2.44. The molecule has 1 aliphatic rings. The number of thiocarbonyl (C=S) groups is 1. The van der Waals surface area contributed by atoms with Gasteiger partial charge in [-0.25, -0.2) is 0 Å². The predicted molar refractivity (Wildman–Crippen MR) is 145 cm³/mol. The standard InChI is InChI=1S/C29H30N4OS/c1-19(2)32-20(3)18-25(21(32)4)28-27(26-12-8-9-17-30-26)31-29(35)33(28)22-13-15-24(16-14-22)34-23-10-6-5-7-11-23/h5-19,27-28H,1-4H3,(H,31,35)/t27-,28+/m1/s1. The van der Waals surface area contributed by atoms with Crippen molar-refractivity contribution in [2.75, 3.05) is 4.90 Å². The van der Waals surface area contributed by atoms with Crippen molar-refractivity contribution in [2.24, 2.45) is 0 Å². The lowest BCUT2D eigenvalue weighted by atomic mass is 9.96. The molecule has 2 atom stereocenters. The minimum absolute atomic E-state index is 0.0306. The molecule has 5 nitrogen and oxygen atoms in total. The maximum absolute atomic E-state index is 6.01. The summed E-state index contributed by atoms with van der Waals surface area (Å²) in [6.45, 7) is 8.82. The lowest BCUT2D eigenvalue weighted by Gasteiger charge is -2.28. The van der Waals surface area contributed by atoms with Gasteiger partial charge in [-0.3, -0.25) is 4.98 Å². The lowest BCUT2D eigenvalue weighted by molar-refractivity contribution is 0.482. The Morgan fingerprint density at radius 1 is 0.914 bits per heavy atom. The van der Waals surface area contributed by atoms with Crippen LogP contribution >= 0.6 is 12.2 Å². The van der Waals surface area contributed by atoms with Crippen molar-refractivity contribution >= 4 is 23.0 Å². The Morgan fingerprint density at radius 3 is 2.23 bits per heavy atom. The van der Waals surface area contributed by atoms with E-state index in [1.54, 1.807) is 0 Å². The van der Waals surface area contributed by atoms with Crippen molar-refractivity contribution in [3.8, 4) is 11.5 Å². The Balaban J connectivity index is 1.55. The van der Waals surface area contributed by atoms with E-state index in [4.69, 9.17) is 17.0 Å². The molecule has 0 spiro atoms. The fraction of sp³-hybridized carbons (Fsp3) is 0.241. The van der Waals surface area contributed by atoms with E-state index in [2.05, 4.69) is 71.7 Å². The molecule has 1 fully saturated rings. The van der Waals surface area contributed by atoms with Crippen molar-refractivity contribution in [3.63, 3.8) is 0 Å². The van der Waals surface area contributed by atoms with Crippen molar-refractivity contribution in [1.82, 2.24) is 14.9 Å². The van der Waals surface area contributed by atoms with Crippen molar-refractivity contribution in [2.45, 2.75) is 45.8 Å². The van der Waals surface area contributed by atoms with Crippen LogP contribution in [-0.4, -0.2) is 14.7 Å². The number of ether oxygens (including phenoxy) is 1. The summed E-state index contributed by atoms with van der Waals surface area (Å²) in [5, 5.41) is 4.25. The summed E-state index contributed by atoms with van der Waals surface area (Å²) >= 11 is 5.90. The average molecular weight is 483 g/mol. The van der Waals surface area contributed by atoms with Crippen LogP contribution in [0, 0.1) is 13.8 Å². The first-order chi connectivity index (χ1) is 16.9. The van der Waals surface area contributed by atoms with Gasteiger partial charge < -0.3 is 19.5 Å². The summed E-state index contributed by atoms with van der Waals surface area (Å²) in [6, 6.07) is 26.6. The van der Waals surface area contributed by atoms with Gasteiger partial charge in [0, 0.05) is 29.3 Å². The Morgan fingerprint density at radius 2 is 1.60 bits per heavy atom. The highest BCUT2D eigenvalue weighted by molar-refractivity contribution is 7.80. The second kappa shape index (κ2) is 9.55. The third kappa shape index (κ3) is 4.42. The Hall–Kier alpha value is -3.64.